The molecule has 0 aromatic heterocycles. The molecule has 0 radical (unpaired) electrons. The van der Waals surface area contributed by atoms with Crippen LogP contribution in [-0.2, 0) is 0 Å². The highest BCUT2D eigenvalue weighted by Gasteiger charge is 1.78. The molecule has 2 aromatic carbocycles. The molecule has 1 nitrogen and oxygen atoms in total. The molecule has 0 fully saturated rings. The summed E-state index contributed by atoms with van der Waals surface area (Å²) in [6.45, 7) is 4.04. The fraction of sp³-hybridized carbons (Fsp3) is 0.111. The zero-order chi connectivity index (χ0) is 13.1. The smallest absolute Gasteiger partial charge is 0.0260 e. The zero-order valence-electron chi connectivity index (χ0n) is 11.6. The molecule has 0 atom stereocenters. The van der Waals surface area contributed by atoms with Crippen LogP contribution in [0.4, 0.5) is 0 Å². The van der Waals surface area contributed by atoms with E-state index < -0.39 is 0 Å². The van der Waals surface area contributed by atoms with Gasteiger partial charge in [0.2, 0.25) is 0 Å². The summed E-state index contributed by atoms with van der Waals surface area (Å²) in [5.41, 5.74) is 2.53. The van der Waals surface area contributed by atoms with Gasteiger partial charge in [0.1, 0.15) is 0 Å². The van der Waals surface area contributed by atoms with Crippen molar-refractivity contribution in [2.24, 2.45) is 0 Å². The van der Waals surface area contributed by atoms with Crippen molar-refractivity contribution in [2.75, 3.05) is 0 Å². The zero-order valence-corrected chi connectivity index (χ0v) is 11.6. The molecule has 0 saturated carbocycles. The molecule has 0 aliphatic carbocycles. The van der Waals surface area contributed by atoms with Crippen LogP contribution in [0.25, 0.3) is 12.2 Å². The first-order chi connectivity index (χ1) is 8.86. The lowest BCUT2D eigenvalue weighted by molar-refractivity contribution is 0.824. The highest BCUT2D eigenvalue weighted by molar-refractivity contribution is 5.48. The quantitative estimate of drug-likeness (QED) is 0.749. The fourth-order valence-electron chi connectivity index (χ4n) is 1.51. The van der Waals surface area contributed by atoms with Gasteiger partial charge in [-0.05, 0) is 25.0 Å². The Morgan fingerprint density at radius 2 is 0.895 bits per heavy atom. The molecule has 0 aliphatic heterocycles. The molecule has 0 heterocycles. The summed E-state index contributed by atoms with van der Waals surface area (Å²) in [5, 5.41) is 0. The average molecular weight is 254 g/mol. The Morgan fingerprint density at radius 3 is 1.16 bits per heavy atom. The third-order valence-electron chi connectivity index (χ3n) is 2.32. The minimum atomic E-state index is 0. The molecule has 1 heteroatoms. The molecule has 19 heavy (non-hydrogen) atoms. The molecular formula is C18H22O. The Kier molecular flexibility index (Phi) is 9.77. The van der Waals surface area contributed by atoms with E-state index in [0.717, 1.165) is 0 Å². The van der Waals surface area contributed by atoms with Crippen LogP contribution in [0, 0.1) is 0 Å². The van der Waals surface area contributed by atoms with Crippen molar-refractivity contribution in [1.29, 1.82) is 0 Å². The largest absolute Gasteiger partial charge is 0.412 e. The van der Waals surface area contributed by atoms with Crippen LogP contribution in [0.3, 0.4) is 0 Å². The van der Waals surface area contributed by atoms with E-state index in [1.165, 1.54) is 11.1 Å². The van der Waals surface area contributed by atoms with E-state index in [1.54, 1.807) is 0 Å². The Labute approximate surface area is 116 Å². The predicted octanol–water partition coefficient (Wildman–Crippen LogP) is 4.61. The molecule has 0 saturated heterocycles. The maximum Gasteiger partial charge on any atom is -0.0260 e. The Morgan fingerprint density at radius 1 is 0.579 bits per heavy atom. The van der Waals surface area contributed by atoms with Gasteiger partial charge in [0.15, 0.2) is 0 Å². The number of allylic oxidation sites excluding steroid dienone is 2. The third kappa shape index (κ3) is 7.74. The molecule has 0 spiro atoms. The van der Waals surface area contributed by atoms with Crippen LogP contribution in [0.15, 0.2) is 72.8 Å². The SMILES string of the molecule is CC=Cc1ccccc1.CC=Cc1ccccc1.O. The van der Waals surface area contributed by atoms with Crippen molar-refractivity contribution in [3.8, 4) is 0 Å². The van der Waals surface area contributed by atoms with Gasteiger partial charge in [-0.25, -0.2) is 0 Å². The highest BCUT2D eigenvalue weighted by atomic mass is 16.0. The molecular weight excluding hydrogens is 232 g/mol. The predicted molar refractivity (Wildman–Crippen MR) is 85.9 cm³/mol. The lowest BCUT2D eigenvalue weighted by Crippen LogP contribution is -1.65. The average Bonchev–Trinajstić information content (AvgIpc) is 2.43. The highest BCUT2D eigenvalue weighted by Crippen LogP contribution is 2.00. The van der Waals surface area contributed by atoms with E-state index >= 15 is 0 Å². The summed E-state index contributed by atoms with van der Waals surface area (Å²) in [6, 6.07) is 20.5. The summed E-state index contributed by atoms with van der Waals surface area (Å²) >= 11 is 0. The van der Waals surface area contributed by atoms with Crippen molar-refractivity contribution in [1.82, 2.24) is 0 Å². The van der Waals surface area contributed by atoms with Crippen LogP contribution in [0.5, 0.6) is 0 Å². The maximum atomic E-state index is 2.08. The van der Waals surface area contributed by atoms with E-state index in [2.05, 4.69) is 36.4 Å². The first kappa shape index (κ1) is 16.9. The van der Waals surface area contributed by atoms with Gasteiger partial charge in [-0.3, -0.25) is 0 Å². The van der Waals surface area contributed by atoms with E-state index in [9.17, 15) is 0 Å². The van der Waals surface area contributed by atoms with Gasteiger partial charge in [-0.15, -0.1) is 0 Å². The first-order valence-corrected chi connectivity index (χ1v) is 6.22. The summed E-state index contributed by atoms with van der Waals surface area (Å²) in [7, 11) is 0. The second-order valence-electron chi connectivity index (χ2n) is 3.82. The van der Waals surface area contributed by atoms with Gasteiger partial charge in [0.25, 0.3) is 0 Å². The molecule has 2 N–H and O–H groups in total. The normalized spacial score (nSPS) is 9.79. The molecule has 2 rings (SSSR count). The van der Waals surface area contributed by atoms with Gasteiger partial charge in [0.05, 0.1) is 0 Å². The van der Waals surface area contributed by atoms with E-state index in [4.69, 9.17) is 0 Å². The fourth-order valence-corrected chi connectivity index (χ4v) is 1.51. The number of benzene rings is 2. The first-order valence-electron chi connectivity index (χ1n) is 6.22. The lowest BCUT2D eigenvalue weighted by atomic mass is 10.2. The Hall–Kier alpha value is -2.12. The van der Waals surface area contributed by atoms with Gasteiger partial charge in [0, 0.05) is 0 Å². The van der Waals surface area contributed by atoms with E-state index in [0.29, 0.717) is 0 Å². The van der Waals surface area contributed by atoms with Crippen LogP contribution >= 0.6 is 0 Å². The van der Waals surface area contributed by atoms with Crippen LogP contribution in [0.1, 0.15) is 25.0 Å². The minimum absolute atomic E-state index is 0. The minimum Gasteiger partial charge on any atom is -0.412 e. The van der Waals surface area contributed by atoms with Crippen molar-refractivity contribution in [3.05, 3.63) is 83.9 Å². The molecule has 0 unspecified atom stereocenters. The van der Waals surface area contributed by atoms with Crippen LogP contribution in [-0.4, -0.2) is 5.48 Å². The molecule has 0 bridgehead atoms. The summed E-state index contributed by atoms with van der Waals surface area (Å²) in [4.78, 5) is 0. The van der Waals surface area contributed by atoms with Crippen molar-refractivity contribution in [2.45, 2.75) is 13.8 Å². The molecule has 0 aliphatic rings. The van der Waals surface area contributed by atoms with Crippen molar-refractivity contribution in [3.63, 3.8) is 0 Å². The molecule has 0 amide bonds. The van der Waals surface area contributed by atoms with Crippen LogP contribution in [0.2, 0.25) is 0 Å². The van der Waals surface area contributed by atoms with E-state index in [1.807, 2.05) is 62.4 Å². The monoisotopic (exact) mass is 254 g/mol. The van der Waals surface area contributed by atoms with Gasteiger partial charge < -0.3 is 5.48 Å². The maximum absolute atomic E-state index is 2.08. The molecule has 100 valence electrons. The van der Waals surface area contributed by atoms with Crippen LogP contribution < -0.4 is 0 Å². The second kappa shape index (κ2) is 11.0. The summed E-state index contributed by atoms with van der Waals surface area (Å²) < 4.78 is 0. The lowest BCUT2D eigenvalue weighted by Gasteiger charge is -1.86. The Balaban J connectivity index is 0.000000324. The van der Waals surface area contributed by atoms with Crippen molar-refractivity contribution < 1.29 is 5.48 Å². The summed E-state index contributed by atoms with van der Waals surface area (Å²) in [6.07, 6.45) is 8.24. The molecule has 2 aromatic rings. The van der Waals surface area contributed by atoms with Gasteiger partial charge in [-0.1, -0.05) is 85.0 Å². The third-order valence-corrected chi connectivity index (χ3v) is 2.32. The topological polar surface area (TPSA) is 31.5 Å². The summed E-state index contributed by atoms with van der Waals surface area (Å²) in [5.74, 6) is 0. The van der Waals surface area contributed by atoms with E-state index in [-0.39, 0.29) is 5.48 Å². The van der Waals surface area contributed by atoms with Crippen molar-refractivity contribution >= 4 is 12.2 Å². The second-order valence-corrected chi connectivity index (χ2v) is 3.82. The van der Waals surface area contributed by atoms with Gasteiger partial charge in [-0.2, -0.15) is 0 Å². The number of hydrogen-bond acceptors (Lipinski definition) is 0. The standard InChI is InChI=1S/2C9H10.H2O/c2*1-2-6-9-7-4-3-5-8-9;/h2*2-8H,1H3;1H2. The number of rotatable bonds is 2. The number of hydrogen-bond donors (Lipinski definition) is 0. The van der Waals surface area contributed by atoms with Gasteiger partial charge >= 0.3 is 0 Å². The Bertz CT molecular complexity index is 422.